The van der Waals surface area contributed by atoms with E-state index in [0.717, 1.165) is 212 Å². The number of pyridine rings is 6. The lowest BCUT2D eigenvalue weighted by atomic mass is 10.0. The molecule has 0 radical (unpaired) electrons. The predicted molar refractivity (Wildman–Crippen MR) is 558 cm³/mol. The molecule has 0 aliphatic heterocycles. The van der Waals surface area contributed by atoms with E-state index in [1.807, 2.05) is 188 Å². The van der Waals surface area contributed by atoms with Crippen molar-refractivity contribution in [3.05, 3.63) is 372 Å². The van der Waals surface area contributed by atoms with Gasteiger partial charge >= 0.3 is 6.18 Å². The molecule has 0 aliphatic carbocycles. The summed E-state index contributed by atoms with van der Waals surface area (Å²) < 4.78 is 73.6. The van der Waals surface area contributed by atoms with Crippen molar-refractivity contribution < 1.29 is 36.5 Å². The molecule has 24 rings (SSSR count). The first-order valence-electron chi connectivity index (χ1n) is 45.2. The molecule has 12 aromatic heterocycles. The number of halogens is 5. The third-order valence-corrected chi connectivity index (χ3v) is 24.9. The van der Waals surface area contributed by atoms with Crippen molar-refractivity contribution in [1.82, 2.24) is 59.8 Å². The lowest BCUT2D eigenvalue weighted by molar-refractivity contribution is -0.137. The number of fused-ring (bicyclic) bond motifs is 18. The van der Waals surface area contributed by atoms with Crippen LogP contribution in [0.5, 0.6) is 23.0 Å². The molecule has 0 amide bonds. The number of aromatic amines is 6. The van der Waals surface area contributed by atoms with Crippen molar-refractivity contribution in [2.75, 3.05) is 28.4 Å². The number of para-hydroxylation sites is 6. The zero-order valence-electron chi connectivity index (χ0n) is 76.5. The van der Waals surface area contributed by atoms with Gasteiger partial charge in [0.25, 0.3) is 0 Å². The molecule has 0 aliphatic rings. The number of alkyl halides is 3. The van der Waals surface area contributed by atoms with Crippen molar-refractivity contribution in [3.63, 3.8) is 0 Å². The van der Waals surface area contributed by atoms with E-state index in [9.17, 15) is 17.6 Å². The van der Waals surface area contributed by atoms with Crippen LogP contribution in [0.1, 0.15) is 39.7 Å². The fourth-order valence-electron chi connectivity index (χ4n) is 17.9. The van der Waals surface area contributed by atoms with Crippen LogP contribution in [0.4, 0.5) is 17.6 Å². The summed E-state index contributed by atoms with van der Waals surface area (Å²) >= 11 is 5.99. The molecular formula is C113H95ClF4N18O4. The average molecular weight is 1880 g/mol. The Morgan fingerprint density at radius 3 is 0.786 bits per heavy atom. The first-order valence-corrected chi connectivity index (χ1v) is 45.6. The topological polar surface area (TPSA) is 365 Å². The number of hydrogen-bond donors (Lipinski definition) is 12. The maximum Gasteiger partial charge on any atom is 0.416 e. The molecule has 0 atom stereocenters. The number of hydrogen-bond acceptors (Lipinski definition) is 16. The Morgan fingerprint density at radius 2 is 0.514 bits per heavy atom. The number of aromatic nitrogens is 12. The number of benzene rings is 12. The van der Waals surface area contributed by atoms with Gasteiger partial charge in [-0.25, -0.2) is 34.3 Å². The second kappa shape index (κ2) is 40.3. The maximum atomic E-state index is 13.6. The predicted octanol–water partition coefficient (Wildman–Crippen LogP) is 24.9. The summed E-state index contributed by atoms with van der Waals surface area (Å²) in [6, 6.07) is 102. The normalized spacial score (nSPS) is 11.4. The standard InChI is InChI=1S/C21H21N3O3.C19H14F3N3.C19H17N3O.C18H14ClN3.C18H14FN3.C18H15N3/c1-25-17-8-12(9-18(26-2)21(17)27-3)19-20-15(10-13(11-22)23-19)14-6-4-5-7-16(14)24-20;20-19(21,22)12-7-5-11(6-8-12)17-18-15(9-13(10-23)24-17)14-3-1-2-4-16(14)25-18;1-23-14-8-6-12(7-9-14)18-19-16(10-13(11-20)21-18)15-4-2-3-5-17(15)22-19;19-12-7-5-11(6-8-12)17-18-15(9-13(10-20)21-17)14-3-1-2-4-16(14)22-18;19-12-5-3-4-11(8-12)17-18-15(9-13(10-20)21-17)14-6-1-2-7-16(14)22-18;19-11-13-10-15-14-8-4-5-9-16(14)21-18(15)17(20-13)12-6-2-1-3-7-12/h4-10,24H,11,22H2,1-3H3;1-9,25H,10,23H2;2-10,22H,11,20H2,1H3;2*1-9,22H,10,20H2;1-10,21H,11,19H2. The minimum atomic E-state index is -4.36. The van der Waals surface area contributed by atoms with Gasteiger partial charge in [-0.05, 0) is 146 Å². The molecule has 22 nitrogen and oxygen atoms in total. The van der Waals surface area contributed by atoms with Gasteiger partial charge in [0, 0.05) is 175 Å². The highest BCUT2D eigenvalue weighted by atomic mass is 35.5. The molecule has 27 heteroatoms. The van der Waals surface area contributed by atoms with E-state index < -0.39 is 11.7 Å². The van der Waals surface area contributed by atoms with E-state index in [1.165, 1.54) is 45.8 Å². The monoisotopic (exact) mass is 1880 g/mol. The van der Waals surface area contributed by atoms with E-state index >= 15 is 0 Å². The summed E-state index contributed by atoms with van der Waals surface area (Å²) in [5.74, 6) is 2.26. The van der Waals surface area contributed by atoms with Crippen molar-refractivity contribution in [2.24, 2.45) is 34.4 Å². The Labute approximate surface area is 804 Å². The molecule has 0 bridgehead atoms. The highest BCUT2D eigenvalue weighted by molar-refractivity contribution is 6.30. The molecule has 0 unspecified atom stereocenters. The first-order chi connectivity index (χ1) is 68.3. The molecule has 0 saturated heterocycles. The SMILES string of the molecule is COc1cc(-c2nc(CN)cc3c2[nH]c2ccccc23)cc(OC)c1OC.COc1ccc(-c2nc(CN)cc3c2[nH]c2ccccc23)cc1.NCc1cc2c([nH]c3ccccc32)c(-c2ccc(C(F)(F)F)cc2)n1.NCc1cc2c([nH]c3ccccc32)c(-c2ccc(Cl)cc2)n1.NCc1cc2c([nH]c3ccccc32)c(-c2cccc(F)c2)n1.NCc1cc2c([nH]c3ccccc32)c(-c2ccccc2)n1. The van der Waals surface area contributed by atoms with E-state index in [1.54, 1.807) is 34.5 Å². The third-order valence-electron chi connectivity index (χ3n) is 24.6. The van der Waals surface area contributed by atoms with Crippen LogP contribution in [0.2, 0.25) is 5.02 Å². The number of H-pyrrole nitrogens is 6. The molecule has 0 fully saturated rings. The summed E-state index contributed by atoms with van der Waals surface area (Å²) in [7, 11) is 6.45. The number of nitrogens with one attached hydrogen (secondary N) is 6. The van der Waals surface area contributed by atoms with Crippen molar-refractivity contribution in [1.29, 1.82) is 0 Å². The van der Waals surface area contributed by atoms with E-state index in [4.69, 9.17) is 84.9 Å². The van der Waals surface area contributed by atoms with Crippen LogP contribution in [-0.4, -0.2) is 88.2 Å². The number of nitrogens with two attached hydrogens (primary N) is 6. The van der Waals surface area contributed by atoms with Gasteiger partial charge in [-0.1, -0.05) is 188 Å². The highest BCUT2D eigenvalue weighted by Crippen LogP contribution is 2.45. The molecule has 0 spiro atoms. The van der Waals surface area contributed by atoms with Crippen molar-refractivity contribution in [2.45, 2.75) is 45.4 Å². The minimum Gasteiger partial charge on any atom is -0.497 e. The summed E-state index contributed by atoms with van der Waals surface area (Å²) in [6.07, 6.45) is -4.36. The van der Waals surface area contributed by atoms with Crippen LogP contribution in [0, 0.1) is 5.82 Å². The molecule has 12 heterocycles. The van der Waals surface area contributed by atoms with Gasteiger partial charge in [0.05, 0.1) is 135 Å². The third kappa shape index (κ3) is 18.6. The van der Waals surface area contributed by atoms with Gasteiger partial charge in [-0.15, -0.1) is 0 Å². The largest absolute Gasteiger partial charge is 0.497 e. The number of ether oxygens (including phenoxy) is 4. The van der Waals surface area contributed by atoms with Gasteiger partial charge < -0.3 is 83.3 Å². The number of rotatable bonds is 16. The minimum absolute atomic E-state index is 0.253. The van der Waals surface area contributed by atoms with Gasteiger partial charge in [0.1, 0.15) is 11.6 Å². The van der Waals surface area contributed by atoms with Crippen LogP contribution >= 0.6 is 11.6 Å². The Hall–Kier alpha value is -16.7. The molecule has 140 heavy (non-hydrogen) atoms. The fraction of sp³-hybridized carbons (Fsp3) is 0.0973. The lowest BCUT2D eigenvalue weighted by Gasteiger charge is -2.14. The zero-order valence-corrected chi connectivity index (χ0v) is 77.3. The second-order valence-electron chi connectivity index (χ2n) is 33.2. The number of nitrogens with zero attached hydrogens (tertiary/aromatic N) is 6. The van der Waals surface area contributed by atoms with E-state index in [2.05, 4.69) is 131 Å². The first kappa shape index (κ1) is 92.4. The lowest BCUT2D eigenvalue weighted by Crippen LogP contribution is -2.04. The summed E-state index contributed by atoms with van der Waals surface area (Å²) in [6.45, 7) is 2.22. The van der Waals surface area contributed by atoms with Crippen LogP contribution in [-0.2, 0) is 45.4 Å². The van der Waals surface area contributed by atoms with Gasteiger partial charge in [-0.2, -0.15) is 13.2 Å². The Balaban J connectivity index is 0.000000107. The van der Waals surface area contributed by atoms with Crippen LogP contribution in [0.3, 0.4) is 0 Å². The molecule has 18 N–H and O–H groups in total. The van der Waals surface area contributed by atoms with Crippen LogP contribution in [0.25, 0.3) is 198 Å². The average Bonchev–Trinajstić information content (AvgIpc) is 1.61. The molecule has 696 valence electrons. The van der Waals surface area contributed by atoms with Gasteiger partial charge in [0.2, 0.25) is 5.75 Å². The summed E-state index contributed by atoms with van der Waals surface area (Å²) in [5, 5.41) is 14.2. The zero-order chi connectivity index (χ0) is 96.8. The van der Waals surface area contributed by atoms with Crippen molar-refractivity contribution in [3.8, 4) is 90.5 Å². The molecule has 12 aromatic carbocycles. The van der Waals surface area contributed by atoms with Crippen LogP contribution in [0.15, 0.2) is 322 Å². The smallest absolute Gasteiger partial charge is 0.416 e. The summed E-state index contributed by atoms with van der Waals surface area (Å²) in [4.78, 5) is 48.8. The second-order valence-corrected chi connectivity index (χ2v) is 33.6. The molecular weight excluding hydrogens is 1780 g/mol. The number of methoxy groups -OCH3 is 4. The van der Waals surface area contributed by atoms with E-state index in [-0.39, 0.29) is 12.4 Å². The van der Waals surface area contributed by atoms with Gasteiger partial charge in [0.15, 0.2) is 11.5 Å². The quantitative estimate of drug-likeness (QED) is 0.0400. The Morgan fingerprint density at radius 1 is 0.257 bits per heavy atom. The maximum absolute atomic E-state index is 13.6. The van der Waals surface area contributed by atoms with Gasteiger partial charge in [-0.3, -0.25) is 0 Å². The molecule has 0 saturated carbocycles. The Bertz CT molecular complexity index is 8660. The summed E-state index contributed by atoms with van der Waals surface area (Å²) in [5.41, 5.74) is 61.7. The van der Waals surface area contributed by atoms with Crippen LogP contribution < -0.4 is 53.3 Å². The van der Waals surface area contributed by atoms with Crippen molar-refractivity contribution >= 4 is 142 Å². The fourth-order valence-corrected chi connectivity index (χ4v) is 18.0. The highest BCUT2D eigenvalue weighted by Gasteiger charge is 2.31. The Kier molecular flexibility index (Phi) is 26.6. The van der Waals surface area contributed by atoms with E-state index in [0.29, 0.717) is 71.9 Å². The molecule has 24 aromatic rings.